The van der Waals surface area contributed by atoms with E-state index in [1.807, 2.05) is 30.3 Å². The largest absolute Gasteiger partial charge is 0.306 e. The summed E-state index contributed by atoms with van der Waals surface area (Å²) >= 11 is 20.0. The lowest BCUT2D eigenvalue weighted by molar-refractivity contribution is 0.600. The molecule has 5 heteroatoms. The fourth-order valence-corrected chi connectivity index (χ4v) is 3.71. The summed E-state index contributed by atoms with van der Waals surface area (Å²) in [5, 5.41) is 4.21. The first-order chi connectivity index (χ1) is 9.13. The topological polar surface area (TPSA) is 12.0 Å². The summed E-state index contributed by atoms with van der Waals surface area (Å²) in [6.07, 6.45) is 1.04. The van der Waals surface area contributed by atoms with Gasteiger partial charge in [-0.05, 0) is 30.7 Å². The van der Waals surface area contributed by atoms with Gasteiger partial charge in [0, 0.05) is 10.6 Å². The van der Waals surface area contributed by atoms with Crippen molar-refractivity contribution in [2.45, 2.75) is 19.4 Å². The van der Waals surface area contributed by atoms with Crippen LogP contribution >= 0.6 is 46.1 Å². The van der Waals surface area contributed by atoms with Gasteiger partial charge in [0.1, 0.15) is 0 Å². The molecule has 0 aliphatic heterocycles. The zero-order valence-corrected chi connectivity index (χ0v) is 13.5. The summed E-state index contributed by atoms with van der Waals surface area (Å²) in [7, 11) is 0. The van der Waals surface area contributed by atoms with E-state index in [-0.39, 0.29) is 6.04 Å². The molecule has 1 nitrogen and oxygen atoms in total. The van der Waals surface area contributed by atoms with Crippen LogP contribution in [0.3, 0.4) is 0 Å². The molecule has 0 spiro atoms. The average Bonchev–Trinajstić information content (AvgIpc) is 2.71. The molecule has 0 bridgehead atoms. The molecule has 0 aliphatic rings. The number of hydrogen-bond donors (Lipinski definition) is 1. The molecule has 1 aromatic heterocycles. The summed E-state index contributed by atoms with van der Waals surface area (Å²) in [6.45, 7) is 3.01. The van der Waals surface area contributed by atoms with Crippen LogP contribution in [0.4, 0.5) is 0 Å². The first kappa shape index (κ1) is 15.1. The molecular weight excluding hydrogens is 321 g/mol. The second kappa shape index (κ2) is 6.96. The first-order valence-electron chi connectivity index (χ1n) is 6.06. The Morgan fingerprint density at radius 3 is 2.47 bits per heavy atom. The SMILES string of the molecule is CCCNC(c1ccccc1Cl)c1cc(Cl)sc1Cl. The maximum atomic E-state index is 6.29. The van der Waals surface area contributed by atoms with Crippen molar-refractivity contribution in [3.63, 3.8) is 0 Å². The van der Waals surface area contributed by atoms with Crippen LogP contribution in [0.5, 0.6) is 0 Å². The lowest BCUT2D eigenvalue weighted by Gasteiger charge is -2.20. The van der Waals surface area contributed by atoms with Crippen LogP contribution in [-0.4, -0.2) is 6.54 Å². The van der Waals surface area contributed by atoms with Crippen molar-refractivity contribution < 1.29 is 0 Å². The van der Waals surface area contributed by atoms with E-state index < -0.39 is 0 Å². The van der Waals surface area contributed by atoms with Crippen molar-refractivity contribution >= 4 is 46.1 Å². The van der Waals surface area contributed by atoms with Crippen molar-refractivity contribution in [2.24, 2.45) is 0 Å². The van der Waals surface area contributed by atoms with Crippen molar-refractivity contribution in [2.75, 3.05) is 6.54 Å². The minimum Gasteiger partial charge on any atom is -0.306 e. The van der Waals surface area contributed by atoms with E-state index in [1.54, 1.807) is 0 Å². The lowest BCUT2D eigenvalue weighted by Crippen LogP contribution is -2.23. The average molecular weight is 335 g/mol. The molecule has 1 aromatic carbocycles. The Bertz CT molecular complexity index is 553. The minimum absolute atomic E-state index is 0.0232. The zero-order chi connectivity index (χ0) is 13.8. The Morgan fingerprint density at radius 1 is 1.16 bits per heavy atom. The Hall–Kier alpha value is -0.250. The quantitative estimate of drug-likeness (QED) is 0.729. The molecule has 0 fully saturated rings. The second-order valence-corrected chi connectivity index (χ2v) is 6.88. The zero-order valence-electron chi connectivity index (χ0n) is 10.4. The van der Waals surface area contributed by atoms with E-state index in [4.69, 9.17) is 34.8 Å². The summed E-state index contributed by atoms with van der Waals surface area (Å²) in [4.78, 5) is 0. The van der Waals surface area contributed by atoms with Crippen molar-refractivity contribution in [3.05, 3.63) is 55.2 Å². The molecule has 1 atom stereocenters. The Labute approximate surface area is 132 Å². The molecule has 0 aliphatic carbocycles. The van der Waals surface area contributed by atoms with Gasteiger partial charge in [-0.25, -0.2) is 0 Å². The maximum absolute atomic E-state index is 6.29. The molecule has 0 radical (unpaired) electrons. The van der Waals surface area contributed by atoms with Crippen LogP contribution < -0.4 is 5.32 Å². The molecular formula is C14H14Cl3NS. The molecule has 102 valence electrons. The number of benzene rings is 1. The van der Waals surface area contributed by atoms with Gasteiger partial charge in [-0.2, -0.15) is 0 Å². The standard InChI is InChI=1S/C14H14Cl3NS/c1-2-7-18-13(9-5-3-4-6-11(9)15)10-8-12(16)19-14(10)17/h3-6,8,13,18H,2,7H2,1H3. The van der Waals surface area contributed by atoms with Crippen LogP contribution in [-0.2, 0) is 0 Å². The van der Waals surface area contributed by atoms with Crippen LogP contribution in [0.15, 0.2) is 30.3 Å². The van der Waals surface area contributed by atoms with Gasteiger partial charge in [0.25, 0.3) is 0 Å². The fraction of sp³-hybridized carbons (Fsp3) is 0.286. The van der Waals surface area contributed by atoms with Gasteiger partial charge < -0.3 is 5.32 Å². The summed E-state index contributed by atoms with van der Waals surface area (Å²) in [5.74, 6) is 0. The second-order valence-electron chi connectivity index (χ2n) is 4.19. The predicted molar refractivity (Wildman–Crippen MR) is 85.9 cm³/mol. The summed E-state index contributed by atoms with van der Waals surface area (Å²) in [6, 6.07) is 9.68. The van der Waals surface area contributed by atoms with Crippen molar-refractivity contribution in [3.8, 4) is 0 Å². The van der Waals surface area contributed by atoms with E-state index >= 15 is 0 Å². The Morgan fingerprint density at radius 2 is 1.89 bits per heavy atom. The van der Waals surface area contributed by atoms with Gasteiger partial charge in [0.05, 0.1) is 14.7 Å². The number of halogens is 3. The van der Waals surface area contributed by atoms with Crippen LogP contribution in [0, 0.1) is 0 Å². The summed E-state index contributed by atoms with van der Waals surface area (Å²) in [5.41, 5.74) is 2.01. The highest BCUT2D eigenvalue weighted by atomic mass is 35.5. The van der Waals surface area contributed by atoms with Crippen molar-refractivity contribution in [1.82, 2.24) is 5.32 Å². The van der Waals surface area contributed by atoms with Gasteiger partial charge in [0.15, 0.2) is 0 Å². The van der Waals surface area contributed by atoms with E-state index in [1.165, 1.54) is 11.3 Å². The van der Waals surface area contributed by atoms with E-state index in [9.17, 15) is 0 Å². The highest BCUT2D eigenvalue weighted by molar-refractivity contribution is 7.20. The molecule has 2 aromatic rings. The molecule has 1 N–H and O–H groups in total. The third-order valence-electron chi connectivity index (χ3n) is 2.81. The molecule has 0 saturated carbocycles. The van der Waals surface area contributed by atoms with Gasteiger partial charge in [0.2, 0.25) is 0 Å². The van der Waals surface area contributed by atoms with Gasteiger partial charge in [-0.3, -0.25) is 0 Å². The van der Waals surface area contributed by atoms with E-state index in [0.29, 0.717) is 8.67 Å². The van der Waals surface area contributed by atoms with E-state index in [2.05, 4.69) is 12.2 Å². The monoisotopic (exact) mass is 333 g/mol. The fourth-order valence-electron chi connectivity index (χ4n) is 1.94. The number of thiophene rings is 1. The summed E-state index contributed by atoms with van der Waals surface area (Å²) < 4.78 is 1.40. The molecule has 0 amide bonds. The highest BCUT2D eigenvalue weighted by Crippen LogP contribution is 2.39. The normalized spacial score (nSPS) is 12.6. The Balaban J connectivity index is 2.41. The van der Waals surface area contributed by atoms with Gasteiger partial charge >= 0.3 is 0 Å². The molecule has 19 heavy (non-hydrogen) atoms. The molecule has 0 saturated heterocycles. The smallest absolute Gasteiger partial charge is 0.0995 e. The molecule has 1 heterocycles. The minimum atomic E-state index is -0.0232. The molecule has 1 unspecified atom stereocenters. The van der Waals surface area contributed by atoms with Crippen LogP contribution in [0.1, 0.15) is 30.5 Å². The number of nitrogens with one attached hydrogen (secondary N) is 1. The lowest BCUT2D eigenvalue weighted by atomic mass is 10.0. The third-order valence-corrected chi connectivity index (χ3v) is 4.67. The third kappa shape index (κ3) is 3.65. The maximum Gasteiger partial charge on any atom is 0.0995 e. The molecule has 2 rings (SSSR count). The van der Waals surface area contributed by atoms with Crippen LogP contribution in [0.25, 0.3) is 0 Å². The first-order valence-corrected chi connectivity index (χ1v) is 8.01. The highest BCUT2D eigenvalue weighted by Gasteiger charge is 2.20. The van der Waals surface area contributed by atoms with Gasteiger partial charge in [-0.15, -0.1) is 11.3 Å². The van der Waals surface area contributed by atoms with Crippen LogP contribution in [0.2, 0.25) is 13.7 Å². The van der Waals surface area contributed by atoms with Crippen molar-refractivity contribution in [1.29, 1.82) is 0 Å². The van der Waals surface area contributed by atoms with Gasteiger partial charge in [-0.1, -0.05) is 59.9 Å². The predicted octanol–water partition coefficient (Wildman–Crippen LogP) is 5.80. The van der Waals surface area contributed by atoms with E-state index in [0.717, 1.165) is 29.1 Å². The Kier molecular flexibility index (Phi) is 5.55. The number of hydrogen-bond acceptors (Lipinski definition) is 2. The number of rotatable bonds is 5.